The van der Waals surface area contributed by atoms with Crippen LogP contribution >= 0.6 is 0 Å². The largest absolute Gasteiger partial charge is 0.306 e. The van der Waals surface area contributed by atoms with Crippen LogP contribution in [0, 0.1) is 5.92 Å². The Morgan fingerprint density at radius 3 is 2.92 bits per heavy atom. The van der Waals surface area contributed by atoms with Crippen molar-refractivity contribution >= 4 is 0 Å². The molecule has 1 aliphatic rings. The maximum absolute atomic E-state index is 3.55. The van der Waals surface area contributed by atoms with E-state index in [0.29, 0.717) is 6.04 Å². The van der Waals surface area contributed by atoms with Gasteiger partial charge in [-0.1, -0.05) is 38.1 Å². The van der Waals surface area contributed by atoms with E-state index in [-0.39, 0.29) is 0 Å². The van der Waals surface area contributed by atoms with E-state index >= 15 is 0 Å². The third-order valence-corrected chi connectivity index (χ3v) is 2.68. The summed E-state index contributed by atoms with van der Waals surface area (Å²) in [6, 6.07) is 9.33. The van der Waals surface area contributed by atoms with Gasteiger partial charge in [0.2, 0.25) is 0 Å². The number of hydrogen-bond donors (Lipinski definition) is 1. The average Bonchev–Trinajstić information content (AvgIpc) is 2.48. The molecular weight excluding hydrogens is 158 g/mol. The number of fused-ring (bicyclic) bond motifs is 1. The van der Waals surface area contributed by atoms with Crippen LogP contribution in [0.25, 0.3) is 0 Å². The van der Waals surface area contributed by atoms with Gasteiger partial charge in [0.15, 0.2) is 0 Å². The normalized spacial score (nSPS) is 20.7. The van der Waals surface area contributed by atoms with Crippen LogP contribution in [0.5, 0.6) is 0 Å². The fourth-order valence-electron chi connectivity index (χ4n) is 2.06. The minimum atomic E-state index is 0.594. The number of hydrogen-bond acceptors (Lipinski definition) is 1. The molecule has 0 saturated heterocycles. The molecule has 1 heteroatoms. The van der Waals surface area contributed by atoms with Gasteiger partial charge in [-0.3, -0.25) is 0 Å². The Labute approximate surface area is 80.2 Å². The quantitative estimate of drug-likeness (QED) is 0.728. The van der Waals surface area contributed by atoms with E-state index in [1.165, 1.54) is 17.5 Å². The van der Waals surface area contributed by atoms with Gasteiger partial charge in [-0.25, -0.2) is 0 Å². The van der Waals surface area contributed by atoms with Crippen LogP contribution in [0.4, 0.5) is 0 Å². The molecule has 1 N–H and O–H groups in total. The molecule has 0 saturated carbocycles. The van der Waals surface area contributed by atoms with Gasteiger partial charge in [-0.05, 0) is 23.5 Å². The first-order valence-electron chi connectivity index (χ1n) is 5.08. The smallest absolute Gasteiger partial charge is 0.0328 e. The van der Waals surface area contributed by atoms with Crippen LogP contribution in [0.3, 0.4) is 0 Å². The number of rotatable bonds is 2. The Kier molecular flexibility index (Phi) is 2.36. The molecule has 1 aromatic rings. The second-order valence-corrected chi connectivity index (χ2v) is 4.26. The van der Waals surface area contributed by atoms with Gasteiger partial charge in [0.05, 0.1) is 0 Å². The van der Waals surface area contributed by atoms with E-state index in [1.807, 2.05) is 0 Å². The molecule has 2 rings (SSSR count). The molecule has 1 aromatic carbocycles. The molecule has 0 aromatic heterocycles. The molecule has 0 fully saturated rings. The Balaban J connectivity index is 2.18. The number of benzene rings is 1. The zero-order valence-electron chi connectivity index (χ0n) is 8.38. The predicted molar refractivity (Wildman–Crippen MR) is 55.5 cm³/mol. The monoisotopic (exact) mass is 175 g/mol. The van der Waals surface area contributed by atoms with Crippen molar-refractivity contribution in [2.75, 3.05) is 0 Å². The van der Waals surface area contributed by atoms with E-state index in [4.69, 9.17) is 0 Å². The second-order valence-electron chi connectivity index (χ2n) is 4.26. The predicted octanol–water partition coefficient (Wildman–Crippen LogP) is 2.88. The third kappa shape index (κ3) is 1.75. The van der Waals surface area contributed by atoms with E-state index in [2.05, 4.69) is 43.4 Å². The van der Waals surface area contributed by atoms with Crippen molar-refractivity contribution in [3.05, 3.63) is 35.4 Å². The molecule has 70 valence electrons. The summed E-state index contributed by atoms with van der Waals surface area (Å²) in [5.41, 5.74) is 2.99. The highest BCUT2D eigenvalue weighted by atomic mass is 14.9. The Morgan fingerprint density at radius 1 is 1.38 bits per heavy atom. The first kappa shape index (κ1) is 8.76. The van der Waals surface area contributed by atoms with Crippen LogP contribution in [0.15, 0.2) is 24.3 Å². The van der Waals surface area contributed by atoms with Crippen LogP contribution in [-0.2, 0) is 6.54 Å². The van der Waals surface area contributed by atoms with Crippen molar-refractivity contribution in [3.63, 3.8) is 0 Å². The molecule has 0 amide bonds. The summed E-state index contributed by atoms with van der Waals surface area (Å²) in [5, 5.41) is 3.55. The second kappa shape index (κ2) is 3.51. The lowest BCUT2D eigenvalue weighted by Gasteiger charge is -2.14. The zero-order chi connectivity index (χ0) is 9.26. The molecule has 0 radical (unpaired) electrons. The Bertz CT molecular complexity index is 291. The standard InChI is InChI=1S/C12H17N/c1-9(2)7-12-11-6-4-3-5-10(11)8-13-12/h3-6,9,12-13H,7-8H2,1-2H3. The highest BCUT2D eigenvalue weighted by Gasteiger charge is 2.21. The van der Waals surface area contributed by atoms with E-state index in [0.717, 1.165) is 12.5 Å². The molecule has 13 heavy (non-hydrogen) atoms. The molecular formula is C12H17N. The van der Waals surface area contributed by atoms with Crippen molar-refractivity contribution < 1.29 is 0 Å². The fourth-order valence-corrected chi connectivity index (χ4v) is 2.06. The summed E-state index contributed by atoms with van der Waals surface area (Å²) >= 11 is 0. The van der Waals surface area contributed by atoms with E-state index in [1.54, 1.807) is 0 Å². The summed E-state index contributed by atoms with van der Waals surface area (Å²) in [6.07, 6.45) is 1.25. The van der Waals surface area contributed by atoms with Gasteiger partial charge in [0.1, 0.15) is 0 Å². The Hall–Kier alpha value is -0.820. The lowest BCUT2D eigenvalue weighted by Crippen LogP contribution is -2.13. The molecule has 1 nitrogen and oxygen atoms in total. The average molecular weight is 175 g/mol. The first-order chi connectivity index (χ1) is 6.27. The molecule has 1 atom stereocenters. The number of nitrogens with one attached hydrogen (secondary N) is 1. The highest BCUT2D eigenvalue weighted by molar-refractivity contribution is 5.33. The maximum atomic E-state index is 3.55. The minimum absolute atomic E-state index is 0.594. The van der Waals surface area contributed by atoms with Gasteiger partial charge in [0, 0.05) is 12.6 Å². The summed E-state index contributed by atoms with van der Waals surface area (Å²) in [7, 11) is 0. The molecule has 1 unspecified atom stereocenters. The summed E-state index contributed by atoms with van der Waals surface area (Å²) < 4.78 is 0. The highest BCUT2D eigenvalue weighted by Crippen LogP contribution is 2.29. The van der Waals surface area contributed by atoms with Crippen LogP contribution in [-0.4, -0.2) is 0 Å². The molecule has 0 aliphatic carbocycles. The summed E-state index contributed by atoms with van der Waals surface area (Å²) in [5.74, 6) is 0.767. The van der Waals surface area contributed by atoms with E-state index in [9.17, 15) is 0 Å². The molecule has 0 spiro atoms. The van der Waals surface area contributed by atoms with Crippen molar-refractivity contribution in [2.45, 2.75) is 32.9 Å². The topological polar surface area (TPSA) is 12.0 Å². The van der Waals surface area contributed by atoms with Gasteiger partial charge >= 0.3 is 0 Å². The van der Waals surface area contributed by atoms with Gasteiger partial charge in [-0.2, -0.15) is 0 Å². The minimum Gasteiger partial charge on any atom is -0.306 e. The lowest BCUT2D eigenvalue weighted by atomic mass is 9.97. The fraction of sp³-hybridized carbons (Fsp3) is 0.500. The molecule has 0 bridgehead atoms. The summed E-state index contributed by atoms with van der Waals surface area (Å²) in [4.78, 5) is 0. The van der Waals surface area contributed by atoms with E-state index < -0.39 is 0 Å². The van der Waals surface area contributed by atoms with Gasteiger partial charge in [0.25, 0.3) is 0 Å². The molecule has 1 aliphatic heterocycles. The maximum Gasteiger partial charge on any atom is 0.0328 e. The van der Waals surface area contributed by atoms with Crippen LogP contribution in [0.2, 0.25) is 0 Å². The van der Waals surface area contributed by atoms with Crippen molar-refractivity contribution in [3.8, 4) is 0 Å². The van der Waals surface area contributed by atoms with Crippen LogP contribution < -0.4 is 5.32 Å². The summed E-state index contributed by atoms with van der Waals surface area (Å²) in [6.45, 7) is 5.61. The van der Waals surface area contributed by atoms with Gasteiger partial charge in [-0.15, -0.1) is 0 Å². The first-order valence-corrected chi connectivity index (χ1v) is 5.08. The van der Waals surface area contributed by atoms with Crippen molar-refractivity contribution in [2.24, 2.45) is 5.92 Å². The zero-order valence-corrected chi connectivity index (χ0v) is 8.38. The molecule has 1 heterocycles. The van der Waals surface area contributed by atoms with Crippen LogP contribution in [0.1, 0.15) is 37.4 Å². The van der Waals surface area contributed by atoms with Crippen molar-refractivity contribution in [1.82, 2.24) is 5.32 Å². The third-order valence-electron chi connectivity index (χ3n) is 2.68. The lowest BCUT2D eigenvalue weighted by molar-refractivity contribution is 0.455. The Morgan fingerprint density at radius 2 is 2.15 bits per heavy atom. The van der Waals surface area contributed by atoms with Gasteiger partial charge < -0.3 is 5.32 Å². The SMILES string of the molecule is CC(C)CC1NCc2ccccc21. The van der Waals surface area contributed by atoms with Crippen molar-refractivity contribution in [1.29, 1.82) is 0 Å².